The molecule has 2 aromatic heterocycles. The Balaban J connectivity index is 1.51. The molecule has 140 valence electrons. The van der Waals surface area contributed by atoms with Crippen LogP contribution >= 0.6 is 11.3 Å². The van der Waals surface area contributed by atoms with Crippen LogP contribution in [0.1, 0.15) is 12.8 Å². The third kappa shape index (κ3) is 3.63. The Morgan fingerprint density at radius 1 is 1.26 bits per heavy atom. The molecule has 9 heteroatoms. The van der Waals surface area contributed by atoms with Crippen LogP contribution in [0.15, 0.2) is 35.4 Å². The molecule has 1 aromatic carbocycles. The predicted octanol–water partition coefficient (Wildman–Crippen LogP) is 2.10. The van der Waals surface area contributed by atoms with Gasteiger partial charge in [0.2, 0.25) is 5.91 Å². The van der Waals surface area contributed by atoms with Crippen LogP contribution in [0.4, 0.5) is 10.8 Å². The number of hydrogen-bond acceptors (Lipinski definition) is 7. The highest BCUT2D eigenvalue weighted by atomic mass is 32.1. The number of aromatic nitrogens is 3. The molecule has 0 atom stereocenters. The summed E-state index contributed by atoms with van der Waals surface area (Å²) < 4.78 is 6.89. The lowest BCUT2D eigenvalue weighted by atomic mass is 10.3. The zero-order valence-corrected chi connectivity index (χ0v) is 15.7. The average Bonchev–Trinajstić information content (AvgIpc) is 3.34. The third-order valence-electron chi connectivity index (χ3n) is 4.44. The fourth-order valence-electron chi connectivity index (χ4n) is 3.02. The molecule has 1 N–H and O–H groups in total. The highest BCUT2D eigenvalue weighted by Gasteiger charge is 2.19. The van der Waals surface area contributed by atoms with E-state index < -0.39 is 0 Å². The fourth-order valence-corrected chi connectivity index (χ4v) is 4.04. The van der Waals surface area contributed by atoms with Crippen LogP contribution in [-0.4, -0.2) is 40.6 Å². The van der Waals surface area contributed by atoms with Gasteiger partial charge in [0.25, 0.3) is 5.56 Å². The van der Waals surface area contributed by atoms with E-state index in [0.29, 0.717) is 21.8 Å². The summed E-state index contributed by atoms with van der Waals surface area (Å²) in [6, 6.07) is 7.00. The van der Waals surface area contributed by atoms with E-state index in [9.17, 15) is 9.59 Å². The molecular weight excluding hydrogens is 366 g/mol. The molecule has 0 saturated carbocycles. The highest BCUT2D eigenvalue weighted by Crippen LogP contribution is 2.27. The Kier molecular flexibility index (Phi) is 4.76. The van der Waals surface area contributed by atoms with Crippen molar-refractivity contribution in [2.75, 3.05) is 30.4 Å². The Hall–Kier alpha value is -2.94. The first-order valence-corrected chi connectivity index (χ1v) is 9.50. The number of amides is 1. The van der Waals surface area contributed by atoms with Crippen molar-refractivity contribution in [3.05, 3.63) is 40.9 Å². The standard InChI is InChI=1S/C18H19N5O3S/c1-26-13-6-4-12(5-7-13)20-14(24)10-23-11-19-16-15(17(23)25)27-18(21-16)22-8-2-3-9-22/h4-7,11H,2-3,8-10H2,1H3,(H,20,24). The van der Waals surface area contributed by atoms with E-state index in [0.717, 1.165) is 31.1 Å². The van der Waals surface area contributed by atoms with E-state index in [-0.39, 0.29) is 18.0 Å². The number of carbonyl (C=O) groups is 1. The second-order valence-corrected chi connectivity index (χ2v) is 7.28. The molecular formula is C18H19N5O3S. The highest BCUT2D eigenvalue weighted by molar-refractivity contribution is 7.22. The third-order valence-corrected chi connectivity index (χ3v) is 5.53. The number of anilines is 2. The fraction of sp³-hybridized carbons (Fsp3) is 0.333. The van der Waals surface area contributed by atoms with Gasteiger partial charge in [0.05, 0.1) is 7.11 Å². The first-order valence-electron chi connectivity index (χ1n) is 8.69. The molecule has 1 saturated heterocycles. The number of rotatable bonds is 5. The molecule has 1 aliphatic heterocycles. The van der Waals surface area contributed by atoms with Gasteiger partial charge in [-0.05, 0) is 37.1 Å². The van der Waals surface area contributed by atoms with Crippen LogP contribution in [0.3, 0.4) is 0 Å². The van der Waals surface area contributed by atoms with Crippen molar-refractivity contribution in [1.29, 1.82) is 0 Å². The lowest BCUT2D eigenvalue weighted by molar-refractivity contribution is -0.116. The molecule has 0 aliphatic carbocycles. The molecule has 8 nitrogen and oxygen atoms in total. The largest absolute Gasteiger partial charge is 0.497 e. The minimum Gasteiger partial charge on any atom is -0.497 e. The SMILES string of the molecule is COc1ccc(NC(=O)Cn2cnc3nc(N4CCCC4)sc3c2=O)cc1. The first kappa shape index (κ1) is 17.5. The van der Waals surface area contributed by atoms with Gasteiger partial charge in [-0.1, -0.05) is 11.3 Å². The summed E-state index contributed by atoms with van der Waals surface area (Å²) >= 11 is 1.34. The summed E-state index contributed by atoms with van der Waals surface area (Å²) in [5.74, 6) is 0.408. The maximum absolute atomic E-state index is 12.7. The smallest absolute Gasteiger partial charge is 0.273 e. The first-order chi connectivity index (χ1) is 13.1. The van der Waals surface area contributed by atoms with Crippen molar-refractivity contribution >= 4 is 38.4 Å². The van der Waals surface area contributed by atoms with Crippen LogP contribution in [0.2, 0.25) is 0 Å². The number of benzene rings is 1. The Labute approximate surface area is 159 Å². The van der Waals surface area contributed by atoms with E-state index in [4.69, 9.17) is 4.74 Å². The summed E-state index contributed by atoms with van der Waals surface area (Å²) in [6.45, 7) is 1.81. The topological polar surface area (TPSA) is 89.3 Å². The van der Waals surface area contributed by atoms with Gasteiger partial charge in [-0.15, -0.1) is 0 Å². The van der Waals surface area contributed by atoms with Crippen LogP contribution in [0.25, 0.3) is 10.3 Å². The van der Waals surface area contributed by atoms with Gasteiger partial charge in [-0.25, -0.2) is 4.98 Å². The molecule has 0 unspecified atom stereocenters. The van der Waals surface area contributed by atoms with Crippen molar-refractivity contribution in [3.63, 3.8) is 0 Å². The van der Waals surface area contributed by atoms with Crippen LogP contribution in [0.5, 0.6) is 5.75 Å². The van der Waals surface area contributed by atoms with Crippen LogP contribution in [0, 0.1) is 0 Å². The van der Waals surface area contributed by atoms with Gasteiger partial charge in [-0.2, -0.15) is 4.98 Å². The lowest BCUT2D eigenvalue weighted by Gasteiger charge is -2.11. The predicted molar refractivity (Wildman–Crippen MR) is 105 cm³/mol. The maximum atomic E-state index is 12.7. The second-order valence-electron chi connectivity index (χ2n) is 6.30. The Bertz CT molecular complexity index is 1020. The normalized spacial score (nSPS) is 13.9. The zero-order chi connectivity index (χ0) is 18.8. The van der Waals surface area contributed by atoms with Crippen molar-refractivity contribution in [2.24, 2.45) is 0 Å². The van der Waals surface area contributed by atoms with Crippen molar-refractivity contribution in [1.82, 2.24) is 14.5 Å². The van der Waals surface area contributed by atoms with Crippen molar-refractivity contribution in [3.8, 4) is 5.75 Å². The number of ether oxygens (including phenoxy) is 1. The van der Waals surface area contributed by atoms with Gasteiger partial charge in [0, 0.05) is 18.8 Å². The summed E-state index contributed by atoms with van der Waals surface area (Å²) in [6.07, 6.45) is 3.66. The molecule has 27 heavy (non-hydrogen) atoms. The minimum absolute atomic E-state index is 0.106. The van der Waals surface area contributed by atoms with Gasteiger partial charge in [0.1, 0.15) is 23.3 Å². The van der Waals surface area contributed by atoms with Crippen LogP contribution in [-0.2, 0) is 11.3 Å². The van der Waals surface area contributed by atoms with E-state index in [1.165, 1.54) is 22.2 Å². The number of nitrogens with zero attached hydrogens (tertiary/aromatic N) is 4. The summed E-state index contributed by atoms with van der Waals surface area (Å²) in [5, 5.41) is 3.59. The van der Waals surface area contributed by atoms with Crippen molar-refractivity contribution < 1.29 is 9.53 Å². The summed E-state index contributed by atoms with van der Waals surface area (Å²) in [5.41, 5.74) is 0.837. The Morgan fingerprint density at radius 3 is 2.70 bits per heavy atom. The van der Waals surface area contributed by atoms with Crippen LogP contribution < -0.4 is 20.5 Å². The van der Waals surface area contributed by atoms with Crippen molar-refractivity contribution in [2.45, 2.75) is 19.4 Å². The molecule has 3 aromatic rings. The van der Waals surface area contributed by atoms with E-state index in [2.05, 4.69) is 20.2 Å². The number of fused-ring (bicyclic) bond motifs is 1. The quantitative estimate of drug-likeness (QED) is 0.723. The molecule has 0 spiro atoms. The van der Waals surface area contributed by atoms with Gasteiger partial charge in [0.15, 0.2) is 10.8 Å². The monoisotopic (exact) mass is 385 g/mol. The second kappa shape index (κ2) is 7.36. The number of carbonyl (C=O) groups excluding carboxylic acids is 1. The summed E-state index contributed by atoms with van der Waals surface area (Å²) in [7, 11) is 1.58. The molecule has 0 radical (unpaired) electrons. The zero-order valence-electron chi connectivity index (χ0n) is 14.8. The lowest BCUT2D eigenvalue weighted by Crippen LogP contribution is -2.27. The number of nitrogens with one attached hydrogen (secondary N) is 1. The number of thiazole rings is 1. The average molecular weight is 385 g/mol. The molecule has 1 fully saturated rings. The molecule has 3 heterocycles. The van der Waals surface area contributed by atoms with E-state index >= 15 is 0 Å². The minimum atomic E-state index is -0.298. The Morgan fingerprint density at radius 2 is 2.00 bits per heavy atom. The summed E-state index contributed by atoms with van der Waals surface area (Å²) in [4.78, 5) is 35.9. The van der Waals surface area contributed by atoms with Gasteiger partial charge < -0.3 is 15.0 Å². The number of hydrogen-bond donors (Lipinski definition) is 1. The molecule has 4 rings (SSSR count). The maximum Gasteiger partial charge on any atom is 0.273 e. The van der Waals surface area contributed by atoms with Gasteiger partial charge in [-0.3, -0.25) is 14.2 Å². The molecule has 1 aliphatic rings. The van der Waals surface area contributed by atoms with E-state index in [1.54, 1.807) is 31.4 Å². The number of methoxy groups -OCH3 is 1. The van der Waals surface area contributed by atoms with E-state index in [1.807, 2.05) is 0 Å². The molecule has 0 bridgehead atoms. The molecule has 1 amide bonds. The van der Waals surface area contributed by atoms with Gasteiger partial charge >= 0.3 is 0 Å².